The molecule has 0 atom stereocenters. The summed E-state index contributed by atoms with van der Waals surface area (Å²) >= 11 is 0. The lowest BCUT2D eigenvalue weighted by molar-refractivity contribution is 0.810. The van der Waals surface area contributed by atoms with Crippen LogP contribution in [0, 0.1) is 0 Å². The Bertz CT molecular complexity index is 95.1. The normalized spacial score (nSPS) is 11.7. The van der Waals surface area contributed by atoms with E-state index < -0.39 is 0 Å². The number of unbranched alkanes of at least 4 members (excludes halogenated alkanes) is 1. The van der Waals surface area contributed by atoms with Crippen molar-refractivity contribution in [3.63, 3.8) is 0 Å². The van der Waals surface area contributed by atoms with Crippen LogP contribution in [0.1, 0.15) is 19.8 Å². The maximum absolute atomic E-state index is 5.07. The van der Waals surface area contributed by atoms with Crippen LogP contribution in [0.25, 0.3) is 0 Å². The Morgan fingerprint density at radius 2 is 2.33 bits per heavy atom. The third-order valence-corrected chi connectivity index (χ3v) is 0.943. The molecule has 0 unspecified atom stereocenters. The van der Waals surface area contributed by atoms with Gasteiger partial charge < -0.3 is 5.73 Å². The van der Waals surface area contributed by atoms with Gasteiger partial charge in [-0.1, -0.05) is 13.3 Å². The molecule has 2 heteroatoms. The molecule has 9 heavy (non-hydrogen) atoms. The molecular weight excluding hydrogens is 112 g/mol. The number of rotatable bonds is 4. The third kappa shape index (κ3) is 7.21. The van der Waals surface area contributed by atoms with E-state index in [1.54, 1.807) is 12.3 Å². The minimum Gasteiger partial charge on any atom is -0.405 e. The summed E-state index contributed by atoms with van der Waals surface area (Å²) in [5, 5.41) is 0. The molecule has 0 aliphatic carbocycles. The summed E-state index contributed by atoms with van der Waals surface area (Å²) in [4.78, 5) is 4.06. The van der Waals surface area contributed by atoms with Gasteiger partial charge in [0.05, 0.1) is 0 Å². The molecule has 0 aromatic carbocycles. The Hall–Kier alpha value is -0.790. The van der Waals surface area contributed by atoms with Gasteiger partial charge in [-0.2, -0.15) is 0 Å². The molecule has 0 saturated carbocycles. The molecule has 0 rings (SSSR count). The zero-order valence-electron chi connectivity index (χ0n) is 5.88. The summed E-state index contributed by atoms with van der Waals surface area (Å²) in [6.07, 6.45) is 7.30. The summed E-state index contributed by atoms with van der Waals surface area (Å²) < 4.78 is 0. The SMILES string of the molecule is CCCCN=C/C=C\N. The van der Waals surface area contributed by atoms with Crippen LogP contribution in [0.4, 0.5) is 0 Å². The van der Waals surface area contributed by atoms with E-state index in [9.17, 15) is 0 Å². The topological polar surface area (TPSA) is 38.4 Å². The minimum absolute atomic E-state index is 0.918. The largest absolute Gasteiger partial charge is 0.405 e. The Labute approximate surface area is 56.5 Å². The monoisotopic (exact) mass is 126 g/mol. The second-order valence-electron chi connectivity index (χ2n) is 1.79. The highest BCUT2D eigenvalue weighted by Crippen LogP contribution is 1.84. The molecule has 0 spiro atoms. The average molecular weight is 126 g/mol. The van der Waals surface area contributed by atoms with Crippen molar-refractivity contribution in [3.8, 4) is 0 Å². The molecule has 0 aliphatic rings. The first-order chi connectivity index (χ1) is 4.41. The second-order valence-corrected chi connectivity index (χ2v) is 1.79. The fourth-order valence-electron chi connectivity index (χ4n) is 0.434. The Morgan fingerprint density at radius 3 is 2.89 bits per heavy atom. The molecule has 0 bridgehead atoms. The zero-order valence-corrected chi connectivity index (χ0v) is 5.88. The minimum atomic E-state index is 0.918. The molecule has 0 amide bonds. The summed E-state index contributed by atoms with van der Waals surface area (Å²) in [7, 11) is 0. The molecule has 0 aromatic heterocycles. The fourth-order valence-corrected chi connectivity index (χ4v) is 0.434. The summed E-state index contributed by atoms with van der Waals surface area (Å²) in [6.45, 7) is 3.06. The number of aliphatic imine (C=N–C) groups is 1. The molecule has 0 fully saturated rings. The lowest BCUT2D eigenvalue weighted by atomic mass is 10.3. The third-order valence-electron chi connectivity index (χ3n) is 0.943. The van der Waals surface area contributed by atoms with Crippen LogP contribution < -0.4 is 5.73 Å². The Morgan fingerprint density at radius 1 is 1.56 bits per heavy atom. The molecule has 0 heterocycles. The highest BCUT2D eigenvalue weighted by molar-refractivity contribution is 5.70. The standard InChI is InChI=1S/C7H14N2/c1-2-3-6-9-7-4-5-8/h4-5,7H,2-3,6,8H2,1H3/b5-4-,9-7?. The highest BCUT2D eigenvalue weighted by Gasteiger charge is 1.74. The van der Waals surface area contributed by atoms with Crippen molar-refractivity contribution in [2.24, 2.45) is 10.7 Å². The van der Waals surface area contributed by atoms with Gasteiger partial charge in [-0.25, -0.2) is 0 Å². The van der Waals surface area contributed by atoms with Crippen LogP contribution in [-0.4, -0.2) is 12.8 Å². The van der Waals surface area contributed by atoms with E-state index in [0.29, 0.717) is 0 Å². The van der Waals surface area contributed by atoms with Gasteiger partial charge in [-0.3, -0.25) is 4.99 Å². The predicted octanol–water partition coefficient (Wildman–Crippen LogP) is 1.33. The lowest BCUT2D eigenvalue weighted by Crippen LogP contribution is -1.80. The number of hydrogen-bond donors (Lipinski definition) is 1. The molecule has 52 valence electrons. The average Bonchev–Trinajstić information content (AvgIpc) is 1.89. The Kier molecular flexibility index (Phi) is 6.58. The maximum atomic E-state index is 5.07. The van der Waals surface area contributed by atoms with Gasteiger partial charge in [-0.15, -0.1) is 0 Å². The van der Waals surface area contributed by atoms with Crippen molar-refractivity contribution >= 4 is 6.21 Å². The quantitative estimate of drug-likeness (QED) is 0.448. The molecule has 0 aromatic rings. The molecule has 2 N–H and O–H groups in total. The van der Waals surface area contributed by atoms with Crippen molar-refractivity contribution in [2.75, 3.05) is 6.54 Å². The van der Waals surface area contributed by atoms with Crippen LogP contribution in [-0.2, 0) is 0 Å². The van der Waals surface area contributed by atoms with E-state index in [0.717, 1.165) is 13.0 Å². The van der Waals surface area contributed by atoms with Crippen LogP contribution in [0.3, 0.4) is 0 Å². The predicted molar refractivity (Wildman–Crippen MR) is 41.6 cm³/mol. The maximum Gasteiger partial charge on any atom is 0.0389 e. The first-order valence-electron chi connectivity index (χ1n) is 3.28. The lowest BCUT2D eigenvalue weighted by Gasteiger charge is -1.85. The van der Waals surface area contributed by atoms with E-state index in [-0.39, 0.29) is 0 Å². The first-order valence-corrected chi connectivity index (χ1v) is 3.28. The van der Waals surface area contributed by atoms with E-state index >= 15 is 0 Å². The summed E-state index contributed by atoms with van der Waals surface area (Å²) in [5.74, 6) is 0. The summed E-state index contributed by atoms with van der Waals surface area (Å²) in [5.41, 5.74) is 5.07. The van der Waals surface area contributed by atoms with Crippen LogP contribution in [0.15, 0.2) is 17.3 Å². The second kappa shape index (κ2) is 7.21. The van der Waals surface area contributed by atoms with Gasteiger partial charge in [0.15, 0.2) is 0 Å². The smallest absolute Gasteiger partial charge is 0.0389 e. The van der Waals surface area contributed by atoms with Gasteiger partial charge in [0.2, 0.25) is 0 Å². The van der Waals surface area contributed by atoms with E-state index in [4.69, 9.17) is 5.73 Å². The molecule has 2 nitrogen and oxygen atoms in total. The van der Waals surface area contributed by atoms with Crippen molar-refractivity contribution in [3.05, 3.63) is 12.3 Å². The molecule has 0 aliphatic heterocycles. The van der Waals surface area contributed by atoms with Crippen molar-refractivity contribution in [1.29, 1.82) is 0 Å². The van der Waals surface area contributed by atoms with E-state index in [2.05, 4.69) is 11.9 Å². The molecule has 0 radical (unpaired) electrons. The van der Waals surface area contributed by atoms with Crippen molar-refractivity contribution in [1.82, 2.24) is 0 Å². The van der Waals surface area contributed by atoms with E-state index in [1.807, 2.05) is 0 Å². The van der Waals surface area contributed by atoms with Gasteiger partial charge >= 0.3 is 0 Å². The van der Waals surface area contributed by atoms with Gasteiger partial charge in [0.25, 0.3) is 0 Å². The number of allylic oxidation sites excluding steroid dienone is 1. The van der Waals surface area contributed by atoms with E-state index in [1.165, 1.54) is 12.6 Å². The molecular formula is C7H14N2. The van der Waals surface area contributed by atoms with Crippen LogP contribution in [0.5, 0.6) is 0 Å². The van der Waals surface area contributed by atoms with Crippen LogP contribution in [0.2, 0.25) is 0 Å². The first kappa shape index (κ1) is 8.21. The number of nitrogens with zero attached hydrogens (tertiary/aromatic N) is 1. The highest BCUT2D eigenvalue weighted by atomic mass is 14.7. The zero-order chi connectivity index (χ0) is 6.95. The van der Waals surface area contributed by atoms with Gasteiger partial charge in [0, 0.05) is 12.8 Å². The molecule has 0 saturated heterocycles. The number of hydrogen-bond acceptors (Lipinski definition) is 2. The fraction of sp³-hybridized carbons (Fsp3) is 0.571. The van der Waals surface area contributed by atoms with Crippen molar-refractivity contribution < 1.29 is 0 Å². The van der Waals surface area contributed by atoms with Crippen LogP contribution >= 0.6 is 0 Å². The Balaban J connectivity index is 3.04. The van der Waals surface area contributed by atoms with Gasteiger partial charge in [-0.05, 0) is 18.7 Å². The summed E-state index contributed by atoms with van der Waals surface area (Å²) in [6, 6.07) is 0. The number of nitrogens with two attached hydrogens (primary N) is 1. The van der Waals surface area contributed by atoms with Gasteiger partial charge in [0.1, 0.15) is 0 Å². The van der Waals surface area contributed by atoms with Crippen molar-refractivity contribution in [2.45, 2.75) is 19.8 Å².